The fourth-order valence-corrected chi connectivity index (χ4v) is 3.39. The summed E-state index contributed by atoms with van der Waals surface area (Å²) >= 11 is 0. The first-order valence-electron chi connectivity index (χ1n) is 8.31. The second-order valence-corrected chi connectivity index (χ2v) is 6.42. The van der Waals surface area contributed by atoms with E-state index in [-0.39, 0.29) is 46.1 Å². The predicted molar refractivity (Wildman–Crippen MR) is 91.2 cm³/mol. The first kappa shape index (κ1) is 17.1. The molecular formula is C17H15FN6O3. The van der Waals surface area contributed by atoms with Crippen LogP contribution in [0.2, 0.25) is 0 Å². The Kier molecular flexibility index (Phi) is 4.08. The van der Waals surface area contributed by atoms with Crippen LogP contribution >= 0.6 is 0 Å². The van der Waals surface area contributed by atoms with Gasteiger partial charge in [0.15, 0.2) is 12.1 Å². The summed E-state index contributed by atoms with van der Waals surface area (Å²) in [6.07, 6.45) is 1.66. The summed E-state index contributed by atoms with van der Waals surface area (Å²) in [5.41, 5.74) is 0.247. The molecule has 3 aromatic rings. The molecule has 10 heteroatoms. The van der Waals surface area contributed by atoms with Gasteiger partial charge in [0.25, 0.3) is 5.82 Å². The highest BCUT2D eigenvalue weighted by molar-refractivity contribution is 5.97. The van der Waals surface area contributed by atoms with Crippen molar-refractivity contribution in [3.05, 3.63) is 29.6 Å². The first-order valence-corrected chi connectivity index (χ1v) is 8.31. The van der Waals surface area contributed by atoms with Crippen LogP contribution < -0.4 is 4.90 Å². The van der Waals surface area contributed by atoms with Crippen LogP contribution in [0.1, 0.15) is 30.0 Å². The topological polar surface area (TPSA) is 110 Å². The largest absolute Gasteiger partial charge is 0.372 e. The van der Waals surface area contributed by atoms with E-state index in [0.717, 1.165) is 0 Å². The van der Waals surface area contributed by atoms with E-state index in [1.54, 1.807) is 11.0 Å². The van der Waals surface area contributed by atoms with Gasteiger partial charge >= 0.3 is 0 Å². The van der Waals surface area contributed by atoms with Crippen molar-refractivity contribution in [1.29, 1.82) is 5.26 Å². The second kappa shape index (κ2) is 6.44. The van der Waals surface area contributed by atoms with Gasteiger partial charge in [0, 0.05) is 18.7 Å². The third-order valence-corrected chi connectivity index (χ3v) is 4.36. The summed E-state index contributed by atoms with van der Waals surface area (Å²) in [7, 11) is 0. The monoisotopic (exact) mass is 370 g/mol. The highest BCUT2D eigenvalue weighted by atomic mass is 19.1. The van der Waals surface area contributed by atoms with E-state index >= 15 is 4.39 Å². The Bertz CT molecular complexity index is 1060. The highest BCUT2D eigenvalue weighted by Crippen LogP contribution is 2.35. The van der Waals surface area contributed by atoms with Gasteiger partial charge in [-0.2, -0.15) is 9.94 Å². The molecule has 138 valence electrons. The molecule has 2 atom stereocenters. The van der Waals surface area contributed by atoms with Gasteiger partial charge in [0.05, 0.1) is 23.3 Å². The van der Waals surface area contributed by atoms with Gasteiger partial charge < -0.3 is 14.2 Å². The molecule has 0 saturated carbocycles. The van der Waals surface area contributed by atoms with Gasteiger partial charge in [-0.15, -0.1) is 5.10 Å². The molecule has 0 radical (unpaired) electrons. The maximum atomic E-state index is 15.3. The Labute approximate surface area is 152 Å². The molecule has 1 aliphatic heterocycles. The Hall–Kier alpha value is -3.32. The molecule has 0 N–H and O–H groups in total. The number of aldehydes is 1. The lowest BCUT2D eigenvalue weighted by Crippen LogP contribution is -2.46. The second-order valence-electron chi connectivity index (χ2n) is 6.42. The average Bonchev–Trinajstić information content (AvgIpc) is 3.26. The lowest BCUT2D eigenvalue weighted by atomic mass is 10.1. The van der Waals surface area contributed by atoms with Crippen molar-refractivity contribution in [1.82, 2.24) is 19.9 Å². The maximum Gasteiger partial charge on any atom is 0.252 e. The lowest BCUT2D eigenvalue weighted by Gasteiger charge is -2.37. The number of aromatic nitrogens is 4. The number of nitriles is 1. The van der Waals surface area contributed by atoms with Crippen molar-refractivity contribution in [2.24, 2.45) is 0 Å². The van der Waals surface area contributed by atoms with Crippen molar-refractivity contribution < 1.29 is 18.4 Å². The van der Waals surface area contributed by atoms with Gasteiger partial charge in [-0.25, -0.2) is 9.37 Å². The quantitative estimate of drug-likeness (QED) is 0.642. The summed E-state index contributed by atoms with van der Waals surface area (Å²) in [4.78, 5) is 17.3. The lowest BCUT2D eigenvalue weighted by molar-refractivity contribution is -0.00543. The van der Waals surface area contributed by atoms with Crippen LogP contribution in [-0.2, 0) is 4.74 Å². The number of carbonyl (C=O) groups excluding carboxylic acids is 1. The van der Waals surface area contributed by atoms with Gasteiger partial charge in [-0.1, -0.05) is 5.16 Å². The summed E-state index contributed by atoms with van der Waals surface area (Å²) in [6, 6.07) is 3.31. The number of carbonyl (C=O) groups is 1. The number of ether oxygens (including phenoxy) is 1. The van der Waals surface area contributed by atoms with Crippen LogP contribution in [0.3, 0.4) is 0 Å². The van der Waals surface area contributed by atoms with Crippen molar-refractivity contribution in [2.45, 2.75) is 26.1 Å². The van der Waals surface area contributed by atoms with Crippen LogP contribution in [0.4, 0.5) is 10.1 Å². The van der Waals surface area contributed by atoms with Crippen molar-refractivity contribution in [3.63, 3.8) is 0 Å². The Morgan fingerprint density at radius 3 is 2.74 bits per heavy atom. The molecule has 0 amide bonds. The van der Waals surface area contributed by atoms with Crippen LogP contribution in [0.15, 0.2) is 16.9 Å². The van der Waals surface area contributed by atoms with E-state index in [0.29, 0.717) is 19.4 Å². The minimum atomic E-state index is -0.671. The molecule has 2 aromatic heterocycles. The zero-order chi connectivity index (χ0) is 19.1. The molecule has 1 fully saturated rings. The van der Waals surface area contributed by atoms with Crippen molar-refractivity contribution in [3.8, 4) is 11.9 Å². The summed E-state index contributed by atoms with van der Waals surface area (Å²) < 4.78 is 27.4. The molecule has 9 nitrogen and oxygen atoms in total. The molecule has 0 aliphatic carbocycles. The third kappa shape index (κ3) is 2.82. The van der Waals surface area contributed by atoms with Crippen LogP contribution in [0.5, 0.6) is 0 Å². The van der Waals surface area contributed by atoms with E-state index < -0.39 is 5.82 Å². The average molecular weight is 370 g/mol. The predicted octanol–water partition coefficient (Wildman–Crippen LogP) is 1.85. The number of anilines is 1. The number of hydrogen-bond donors (Lipinski definition) is 0. The number of halogens is 1. The summed E-state index contributed by atoms with van der Waals surface area (Å²) in [5, 5.41) is 16.9. The van der Waals surface area contributed by atoms with Gasteiger partial charge in [-0.3, -0.25) is 4.79 Å². The van der Waals surface area contributed by atoms with Crippen molar-refractivity contribution in [2.75, 3.05) is 18.0 Å². The fraction of sp³-hybridized carbons (Fsp3) is 0.353. The van der Waals surface area contributed by atoms with E-state index in [1.165, 1.54) is 17.1 Å². The Morgan fingerprint density at radius 2 is 2.11 bits per heavy atom. The fourth-order valence-electron chi connectivity index (χ4n) is 3.39. The Balaban J connectivity index is 1.86. The minimum Gasteiger partial charge on any atom is -0.372 e. The third-order valence-electron chi connectivity index (χ3n) is 4.36. The van der Waals surface area contributed by atoms with E-state index in [1.807, 2.05) is 13.8 Å². The van der Waals surface area contributed by atoms with E-state index in [9.17, 15) is 4.79 Å². The molecular weight excluding hydrogens is 355 g/mol. The number of hydrogen-bond acceptors (Lipinski definition) is 8. The molecule has 4 rings (SSSR count). The molecule has 1 aliphatic rings. The standard InChI is InChI=1S/C17H15FN6O3/c1-9-5-23(6-10(2)26-9)15-11(7-25)3-12-16(14(15)18)27-22-17(12)24-8-20-13(4-19)21-24/h3,7-10H,5-6H2,1-2H3/t9-,10+. The van der Waals surface area contributed by atoms with Crippen LogP contribution in [-0.4, -0.2) is 51.5 Å². The van der Waals surface area contributed by atoms with Gasteiger partial charge in [0.2, 0.25) is 11.4 Å². The first-order chi connectivity index (χ1) is 13.0. The minimum absolute atomic E-state index is 0.0601. The highest BCUT2D eigenvalue weighted by Gasteiger charge is 2.29. The van der Waals surface area contributed by atoms with Crippen LogP contribution in [0, 0.1) is 17.1 Å². The zero-order valence-electron chi connectivity index (χ0n) is 14.6. The molecule has 0 unspecified atom stereocenters. The van der Waals surface area contributed by atoms with Crippen molar-refractivity contribution >= 4 is 22.9 Å². The van der Waals surface area contributed by atoms with Crippen LogP contribution in [0.25, 0.3) is 16.8 Å². The summed E-state index contributed by atoms with van der Waals surface area (Å²) in [6.45, 7) is 4.68. The van der Waals surface area contributed by atoms with Gasteiger partial charge in [-0.05, 0) is 19.9 Å². The number of rotatable bonds is 3. The normalized spacial score (nSPS) is 20.0. The smallest absolute Gasteiger partial charge is 0.252 e. The molecule has 27 heavy (non-hydrogen) atoms. The number of fused-ring (bicyclic) bond motifs is 1. The molecule has 0 spiro atoms. The molecule has 3 heterocycles. The maximum absolute atomic E-state index is 15.3. The number of nitrogens with zero attached hydrogens (tertiary/aromatic N) is 6. The number of morpholine rings is 1. The van der Waals surface area contributed by atoms with Gasteiger partial charge in [0.1, 0.15) is 12.4 Å². The molecule has 0 bridgehead atoms. The SMILES string of the molecule is C[C@@H]1CN(c2c(C=O)cc3c(-n4cnc(C#N)n4)noc3c2F)C[C@H](C)O1. The zero-order valence-corrected chi connectivity index (χ0v) is 14.6. The number of benzene rings is 1. The Morgan fingerprint density at radius 1 is 1.37 bits per heavy atom. The van der Waals surface area contributed by atoms with E-state index in [2.05, 4.69) is 15.2 Å². The summed E-state index contributed by atoms with van der Waals surface area (Å²) in [5.74, 6) is -0.582. The molecule has 1 saturated heterocycles. The van der Waals surface area contributed by atoms with E-state index in [4.69, 9.17) is 14.5 Å². The molecule has 1 aromatic carbocycles.